The Balaban J connectivity index is 1.81. The molecule has 0 aliphatic carbocycles. The maximum atomic E-state index is 12.2. The van der Waals surface area contributed by atoms with E-state index in [4.69, 9.17) is 16.6 Å². The molecule has 0 bridgehead atoms. The third-order valence-corrected chi connectivity index (χ3v) is 3.83. The van der Waals surface area contributed by atoms with Crippen LogP contribution in [-0.4, -0.2) is 15.9 Å². The molecule has 0 saturated carbocycles. The number of hydrogen-bond acceptors (Lipinski definition) is 4. The van der Waals surface area contributed by atoms with Gasteiger partial charge in [0.1, 0.15) is 11.5 Å². The van der Waals surface area contributed by atoms with E-state index in [9.17, 15) is 4.79 Å². The highest BCUT2D eigenvalue weighted by atomic mass is 32.1. The first kappa shape index (κ1) is 12.1. The van der Waals surface area contributed by atoms with Crippen LogP contribution in [-0.2, 0) is 11.3 Å². The Morgan fingerprint density at radius 3 is 3.00 bits per heavy atom. The number of nitrogens with one attached hydrogen (secondary N) is 1. The fourth-order valence-electron chi connectivity index (χ4n) is 1.79. The van der Waals surface area contributed by atoms with E-state index >= 15 is 0 Å². The Hall–Kier alpha value is -1.92. The van der Waals surface area contributed by atoms with Crippen molar-refractivity contribution in [2.24, 2.45) is 0 Å². The second-order valence-electron chi connectivity index (χ2n) is 3.97. The highest BCUT2D eigenvalue weighted by molar-refractivity contribution is 7.80. The molecule has 0 aromatic carbocycles. The third-order valence-electron chi connectivity index (χ3n) is 2.69. The zero-order chi connectivity index (χ0) is 13.2. The van der Waals surface area contributed by atoms with Crippen molar-refractivity contribution in [3.8, 4) is 0 Å². The quantitative estimate of drug-likeness (QED) is 0.697. The summed E-state index contributed by atoms with van der Waals surface area (Å²) < 4.78 is 5.23. The molecule has 1 aliphatic rings. The van der Waals surface area contributed by atoms with Gasteiger partial charge in [-0.3, -0.25) is 9.69 Å². The van der Waals surface area contributed by atoms with Crippen LogP contribution in [0.4, 0.5) is 0 Å². The Bertz CT molecular complexity index is 630. The Kier molecular flexibility index (Phi) is 3.18. The van der Waals surface area contributed by atoms with Crippen LogP contribution in [0.5, 0.6) is 0 Å². The van der Waals surface area contributed by atoms with E-state index < -0.39 is 0 Å². The van der Waals surface area contributed by atoms with Crippen LogP contribution < -0.4 is 5.32 Å². The number of carbonyl (C=O) groups is 1. The molecule has 0 spiro atoms. The minimum Gasteiger partial charge on any atom is -0.467 e. The molecule has 19 heavy (non-hydrogen) atoms. The third kappa shape index (κ3) is 2.45. The van der Waals surface area contributed by atoms with Gasteiger partial charge in [-0.2, -0.15) is 0 Å². The maximum absolute atomic E-state index is 12.2. The molecule has 1 amide bonds. The van der Waals surface area contributed by atoms with Crippen molar-refractivity contribution in [2.75, 3.05) is 0 Å². The molecule has 3 heterocycles. The summed E-state index contributed by atoms with van der Waals surface area (Å²) in [7, 11) is 0. The second kappa shape index (κ2) is 4.99. The zero-order valence-corrected chi connectivity index (χ0v) is 11.5. The van der Waals surface area contributed by atoms with Crippen LogP contribution >= 0.6 is 23.6 Å². The highest BCUT2D eigenvalue weighted by Gasteiger charge is 2.31. The normalized spacial score (nSPS) is 17.3. The van der Waals surface area contributed by atoms with Gasteiger partial charge in [0, 0.05) is 4.88 Å². The first-order valence-corrected chi connectivity index (χ1v) is 6.93. The predicted molar refractivity (Wildman–Crippen MR) is 77.3 cm³/mol. The van der Waals surface area contributed by atoms with Gasteiger partial charge in [-0.05, 0) is 41.9 Å². The lowest BCUT2D eigenvalue weighted by molar-refractivity contribution is -0.122. The molecule has 2 aromatic heterocycles. The minimum atomic E-state index is -0.130. The zero-order valence-electron chi connectivity index (χ0n) is 9.83. The summed E-state index contributed by atoms with van der Waals surface area (Å²) in [5.41, 5.74) is 0.499. The number of thiophene rings is 1. The van der Waals surface area contributed by atoms with E-state index in [2.05, 4.69) is 5.32 Å². The SMILES string of the molecule is O=C1C(=Cc2cccs2)NC(=S)N1Cc1ccco1. The van der Waals surface area contributed by atoms with Crippen LogP contribution in [0.2, 0.25) is 0 Å². The first-order chi connectivity index (χ1) is 9.24. The molecule has 1 fully saturated rings. The summed E-state index contributed by atoms with van der Waals surface area (Å²) >= 11 is 6.75. The number of nitrogens with zero attached hydrogens (tertiary/aromatic N) is 1. The van der Waals surface area contributed by atoms with Crippen LogP contribution in [0, 0.1) is 0 Å². The summed E-state index contributed by atoms with van der Waals surface area (Å²) in [4.78, 5) is 14.7. The lowest BCUT2D eigenvalue weighted by atomic mass is 10.3. The van der Waals surface area contributed by atoms with Gasteiger partial charge >= 0.3 is 0 Å². The highest BCUT2D eigenvalue weighted by Crippen LogP contribution is 2.19. The largest absolute Gasteiger partial charge is 0.467 e. The molecule has 3 rings (SSSR count). The summed E-state index contributed by atoms with van der Waals surface area (Å²) in [5, 5.41) is 5.31. The molecular weight excluding hydrogens is 280 g/mol. The average molecular weight is 290 g/mol. The summed E-state index contributed by atoms with van der Waals surface area (Å²) in [5.74, 6) is 0.574. The lowest BCUT2D eigenvalue weighted by Crippen LogP contribution is -2.29. The second-order valence-corrected chi connectivity index (χ2v) is 5.34. The van der Waals surface area contributed by atoms with E-state index in [1.54, 1.807) is 29.7 Å². The van der Waals surface area contributed by atoms with Gasteiger partial charge in [0.05, 0.1) is 12.8 Å². The number of rotatable bonds is 3. The smallest absolute Gasteiger partial charge is 0.276 e. The average Bonchev–Trinajstić information content (AvgIpc) is 3.10. The van der Waals surface area contributed by atoms with E-state index in [0.29, 0.717) is 23.1 Å². The van der Waals surface area contributed by atoms with Gasteiger partial charge in [-0.15, -0.1) is 11.3 Å². The Labute approximate surface area is 119 Å². The van der Waals surface area contributed by atoms with Gasteiger partial charge in [-0.25, -0.2) is 0 Å². The van der Waals surface area contributed by atoms with Crippen LogP contribution in [0.25, 0.3) is 6.08 Å². The molecule has 1 aliphatic heterocycles. The summed E-state index contributed by atoms with van der Waals surface area (Å²) in [6.45, 7) is 0.347. The number of hydrogen-bond donors (Lipinski definition) is 1. The molecule has 2 aromatic rings. The summed E-state index contributed by atoms with van der Waals surface area (Å²) in [6.07, 6.45) is 3.39. The van der Waals surface area contributed by atoms with Gasteiger partial charge in [0.25, 0.3) is 5.91 Å². The topological polar surface area (TPSA) is 45.5 Å². The molecule has 4 nitrogen and oxygen atoms in total. The van der Waals surface area contributed by atoms with Crippen LogP contribution in [0.15, 0.2) is 46.0 Å². The van der Waals surface area contributed by atoms with Crippen molar-refractivity contribution in [3.05, 3.63) is 52.2 Å². The van der Waals surface area contributed by atoms with Crippen molar-refractivity contribution in [1.29, 1.82) is 0 Å². The molecule has 1 N–H and O–H groups in total. The van der Waals surface area contributed by atoms with E-state index in [-0.39, 0.29) is 5.91 Å². The number of thiocarbonyl (C=S) groups is 1. The molecule has 96 valence electrons. The number of furan rings is 1. The van der Waals surface area contributed by atoms with E-state index in [1.807, 2.05) is 23.6 Å². The lowest BCUT2D eigenvalue weighted by Gasteiger charge is -2.11. The maximum Gasteiger partial charge on any atom is 0.276 e. The van der Waals surface area contributed by atoms with Crippen molar-refractivity contribution < 1.29 is 9.21 Å². The van der Waals surface area contributed by atoms with E-state index in [1.165, 1.54) is 4.90 Å². The number of carbonyl (C=O) groups excluding carboxylic acids is 1. The van der Waals surface area contributed by atoms with Gasteiger partial charge in [0.2, 0.25) is 0 Å². The van der Waals surface area contributed by atoms with Gasteiger partial charge < -0.3 is 9.73 Å². The van der Waals surface area contributed by atoms with Crippen molar-refractivity contribution in [2.45, 2.75) is 6.54 Å². The van der Waals surface area contributed by atoms with Crippen molar-refractivity contribution in [1.82, 2.24) is 10.2 Å². The predicted octanol–water partition coefficient (Wildman–Crippen LogP) is 2.60. The molecule has 1 saturated heterocycles. The standard InChI is InChI=1S/C13H10N2O2S2/c16-12-11(7-10-4-2-6-19-10)14-13(18)15(12)8-9-3-1-5-17-9/h1-7H,8H2,(H,14,18). The minimum absolute atomic E-state index is 0.130. The van der Waals surface area contributed by atoms with Crippen LogP contribution in [0.1, 0.15) is 10.6 Å². The number of amides is 1. The van der Waals surface area contributed by atoms with Crippen molar-refractivity contribution in [3.63, 3.8) is 0 Å². The fourth-order valence-corrected chi connectivity index (χ4v) is 2.70. The Morgan fingerprint density at radius 1 is 1.42 bits per heavy atom. The van der Waals surface area contributed by atoms with E-state index in [0.717, 1.165) is 4.88 Å². The van der Waals surface area contributed by atoms with Gasteiger partial charge in [-0.1, -0.05) is 6.07 Å². The first-order valence-electron chi connectivity index (χ1n) is 5.64. The fraction of sp³-hybridized carbons (Fsp3) is 0.0769. The monoisotopic (exact) mass is 290 g/mol. The molecule has 6 heteroatoms. The molecule has 0 atom stereocenters. The van der Waals surface area contributed by atoms with Crippen molar-refractivity contribution >= 4 is 40.7 Å². The molecular formula is C13H10N2O2S2. The summed E-state index contributed by atoms with van der Waals surface area (Å²) in [6, 6.07) is 7.49. The van der Waals surface area contributed by atoms with Crippen LogP contribution in [0.3, 0.4) is 0 Å². The molecule has 0 unspecified atom stereocenters. The van der Waals surface area contributed by atoms with Gasteiger partial charge in [0.15, 0.2) is 5.11 Å². The molecule has 0 radical (unpaired) electrons. The Morgan fingerprint density at radius 2 is 2.32 bits per heavy atom.